The molecule has 0 saturated carbocycles. The molecule has 0 N–H and O–H groups in total. The molecule has 1 saturated heterocycles. The predicted octanol–water partition coefficient (Wildman–Crippen LogP) is 3.93. The largest absolute Gasteiger partial charge is 0.467 e. The van der Waals surface area contributed by atoms with E-state index in [0.29, 0.717) is 15.8 Å². The van der Waals surface area contributed by atoms with Crippen LogP contribution in [0.4, 0.5) is 5.69 Å². The zero-order valence-electron chi connectivity index (χ0n) is 13.0. The third kappa shape index (κ3) is 2.87. The van der Waals surface area contributed by atoms with Gasteiger partial charge in [-0.05, 0) is 36.6 Å². The van der Waals surface area contributed by atoms with Gasteiger partial charge in [0, 0.05) is 18.4 Å². The fourth-order valence-corrected chi connectivity index (χ4v) is 4.26. The quantitative estimate of drug-likeness (QED) is 0.615. The maximum atomic E-state index is 12.7. The third-order valence-electron chi connectivity index (χ3n) is 4.19. The molecule has 0 aliphatic carbocycles. The zero-order chi connectivity index (χ0) is 16.5. The van der Waals surface area contributed by atoms with E-state index in [1.54, 1.807) is 11.2 Å². The van der Waals surface area contributed by atoms with Crippen molar-refractivity contribution in [3.8, 4) is 0 Å². The van der Waals surface area contributed by atoms with Crippen molar-refractivity contribution in [2.75, 3.05) is 11.4 Å². The first kappa shape index (κ1) is 15.5. The summed E-state index contributed by atoms with van der Waals surface area (Å²) in [5, 5.41) is 0. The number of thioether (sulfide) groups is 1. The second-order valence-corrected chi connectivity index (χ2v) is 7.43. The number of hydrogen-bond donors (Lipinski definition) is 0. The minimum atomic E-state index is -0.0514. The lowest BCUT2D eigenvalue weighted by atomic mass is 10.0. The molecule has 122 valence electrons. The SMILES string of the molecule is O=C1C(=CN2CCCc3ccccc32)SC(=S)N1Cc1ccco1. The van der Waals surface area contributed by atoms with E-state index in [2.05, 4.69) is 23.1 Å². The van der Waals surface area contributed by atoms with Crippen LogP contribution in [0.15, 0.2) is 58.2 Å². The number of furan rings is 1. The number of anilines is 1. The minimum Gasteiger partial charge on any atom is -0.467 e. The van der Waals surface area contributed by atoms with Gasteiger partial charge in [0.25, 0.3) is 5.91 Å². The first-order valence-electron chi connectivity index (χ1n) is 7.85. The van der Waals surface area contributed by atoms with Crippen molar-refractivity contribution >= 4 is 39.9 Å². The number of fused-ring (bicyclic) bond motifs is 1. The van der Waals surface area contributed by atoms with Crippen LogP contribution in [-0.2, 0) is 17.8 Å². The Balaban J connectivity index is 1.58. The lowest BCUT2D eigenvalue weighted by molar-refractivity contribution is -0.122. The van der Waals surface area contributed by atoms with Crippen LogP contribution < -0.4 is 4.90 Å². The molecule has 6 heteroatoms. The molecule has 4 nitrogen and oxygen atoms in total. The molecule has 4 rings (SSSR count). The van der Waals surface area contributed by atoms with E-state index in [1.165, 1.54) is 23.0 Å². The van der Waals surface area contributed by atoms with E-state index in [1.807, 2.05) is 24.4 Å². The third-order valence-corrected chi connectivity index (χ3v) is 5.55. The summed E-state index contributed by atoms with van der Waals surface area (Å²) >= 11 is 6.74. The molecule has 1 fully saturated rings. The number of nitrogens with zero attached hydrogens (tertiary/aromatic N) is 2. The molecular formula is C18H16N2O2S2. The molecule has 0 bridgehead atoms. The number of carbonyl (C=O) groups excluding carboxylic acids is 1. The van der Waals surface area contributed by atoms with Crippen molar-refractivity contribution in [2.24, 2.45) is 0 Å². The van der Waals surface area contributed by atoms with E-state index in [9.17, 15) is 4.79 Å². The molecule has 1 amide bonds. The number of thiocarbonyl (C=S) groups is 1. The average Bonchev–Trinajstić information content (AvgIpc) is 3.20. The van der Waals surface area contributed by atoms with E-state index in [0.717, 1.165) is 25.1 Å². The van der Waals surface area contributed by atoms with Crippen LogP contribution in [0.2, 0.25) is 0 Å². The Labute approximate surface area is 150 Å². The summed E-state index contributed by atoms with van der Waals surface area (Å²) < 4.78 is 5.91. The van der Waals surface area contributed by atoms with Gasteiger partial charge in [-0.15, -0.1) is 0 Å². The van der Waals surface area contributed by atoms with E-state index in [-0.39, 0.29) is 5.91 Å². The molecule has 1 aromatic heterocycles. The first-order valence-corrected chi connectivity index (χ1v) is 9.07. The Kier molecular flexibility index (Phi) is 4.16. The van der Waals surface area contributed by atoms with Gasteiger partial charge in [0.15, 0.2) is 0 Å². The Hall–Kier alpha value is -2.05. The molecule has 0 unspecified atom stereocenters. The average molecular weight is 356 g/mol. The summed E-state index contributed by atoms with van der Waals surface area (Å²) in [4.78, 5) is 17.1. The Morgan fingerprint density at radius 3 is 2.96 bits per heavy atom. The van der Waals surface area contributed by atoms with Gasteiger partial charge in [-0.2, -0.15) is 0 Å². The van der Waals surface area contributed by atoms with E-state index in [4.69, 9.17) is 16.6 Å². The summed E-state index contributed by atoms with van der Waals surface area (Å²) in [6.07, 6.45) is 5.72. The molecule has 3 heterocycles. The minimum absolute atomic E-state index is 0.0514. The molecular weight excluding hydrogens is 340 g/mol. The lowest BCUT2D eigenvalue weighted by Gasteiger charge is -2.28. The standard InChI is InChI=1S/C18H16N2O2S2/c21-17-16(24-18(23)20(17)11-14-7-4-10-22-14)12-19-9-3-6-13-5-1-2-8-15(13)19/h1-2,4-5,7-8,10,12H,3,6,9,11H2. The molecule has 0 radical (unpaired) electrons. The van der Waals surface area contributed by atoms with Crippen LogP contribution in [0.25, 0.3) is 0 Å². The number of rotatable bonds is 3. The van der Waals surface area contributed by atoms with Crippen molar-refractivity contribution in [1.29, 1.82) is 0 Å². The van der Waals surface area contributed by atoms with Crippen LogP contribution in [0.1, 0.15) is 17.7 Å². The van der Waals surface area contributed by atoms with Gasteiger partial charge in [0.1, 0.15) is 10.1 Å². The van der Waals surface area contributed by atoms with Gasteiger partial charge in [0.05, 0.1) is 17.7 Å². The smallest absolute Gasteiger partial charge is 0.268 e. The fourth-order valence-electron chi connectivity index (χ4n) is 3.02. The number of para-hydroxylation sites is 1. The van der Waals surface area contributed by atoms with Crippen molar-refractivity contribution in [1.82, 2.24) is 4.90 Å². The molecule has 24 heavy (non-hydrogen) atoms. The van der Waals surface area contributed by atoms with Crippen molar-refractivity contribution in [3.05, 3.63) is 65.1 Å². The van der Waals surface area contributed by atoms with Crippen molar-refractivity contribution in [2.45, 2.75) is 19.4 Å². The van der Waals surface area contributed by atoms with E-state index >= 15 is 0 Å². The Morgan fingerprint density at radius 2 is 2.12 bits per heavy atom. The van der Waals surface area contributed by atoms with Gasteiger partial charge in [-0.25, -0.2) is 0 Å². The first-order chi connectivity index (χ1) is 11.7. The highest BCUT2D eigenvalue weighted by atomic mass is 32.2. The monoisotopic (exact) mass is 356 g/mol. The number of aryl methyl sites for hydroxylation is 1. The Morgan fingerprint density at radius 1 is 1.25 bits per heavy atom. The number of carbonyl (C=O) groups is 1. The molecule has 2 aromatic rings. The molecule has 2 aliphatic rings. The van der Waals surface area contributed by atoms with Gasteiger partial charge >= 0.3 is 0 Å². The van der Waals surface area contributed by atoms with Crippen LogP contribution in [0.5, 0.6) is 0 Å². The highest BCUT2D eigenvalue weighted by Crippen LogP contribution is 2.35. The summed E-state index contributed by atoms with van der Waals surface area (Å²) in [6, 6.07) is 12.0. The van der Waals surface area contributed by atoms with Crippen LogP contribution >= 0.6 is 24.0 Å². The highest BCUT2D eigenvalue weighted by Gasteiger charge is 2.33. The van der Waals surface area contributed by atoms with Crippen molar-refractivity contribution in [3.63, 3.8) is 0 Å². The van der Waals surface area contributed by atoms with Crippen LogP contribution in [0.3, 0.4) is 0 Å². The van der Waals surface area contributed by atoms with E-state index < -0.39 is 0 Å². The number of amides is 1. The predicted molar refractivity (Wildman–Crippen MR) is 99.6 cm³/mol. The molecule has 1 aromatic carbocycles. The molecule has 0 atom stereocenters. The van der Waals surface area contributed by atoms with Crippen molar-refractivity contribution < 1.29 is 9.21 Å². The summed E-state index contributed by atoms with van der Waals surface area (Å²) in [5.41, 5.74) is 2.51. The maximum absolute atomic E-state index is 12.7. The zero-order valence-corrected chi connectivity index (χ0v) is 14.6. The topological polar surface area (TPSA) is 36.7 Å². The molecule has 0 spiro atoms. The molecule has 2 aliphatic heterocycles. The summed E-state index contributed by atoms with van der Waals surface area (Å²) in [7, 11) is 0. The fraction of sp³-hybridized carbons (Fsp3) is 0.222. The number of benzene rings is 1. The van der Waals surface area contributed by atoms with Gasteiger partial charge in [-0.1, -0.05) is 42.2 Å². The highest BCUT2D eigenvalue weighted by molar-refractivity contribution is 8.26. The summed E-state index contributed by atoms with van der Waals surface area (Å²) in [5.74, 6) is 0.681. The van der Waals surface area contributed by atoms with Gasteiger partial charge in [-0.3, -0.25) is 9.69 Å². The van der Waals surface area contributed by atoms with Crippen LogP contribution in [-0.4, -0.2) is 21.7 Å². The van der Waals surface area contributed by atoms with Gasteiger partial charge < -0.3 is 9.32 Å². The Bertz CT molecular complexity index is 814. The normalized spacial score (nSPS) is 19.2. The van der Waals surface area contributed by atoms with Gasteiger partial charge in [0.2, 0.25) is 0 Å². The van der Waals surface area contributed by atoms with Crippen LogP contribution in [0, 0.1) is 0 Å². The summed E-state index contributed by atoms with van der Waals surface area (Å²) in [6.45, 7) is 1.30. The maximum Gasteiger partial charge on any atom is 0.268 e. The lowest BCUT2D eigenvalue weighted by Crippen LogP contribution is -2.28. The second-order valence-electron chi connectivity index (χ2n) is 5.76. The second kappa shape index (κ2) is 6.45. The number of hydrogen-bond acceptors (Lipinski definition) is 5.